The van der Waals surface area contributed by atoms with Gasteiger partial charge in [0.25, 0.3) is 0 Å². The lowest BCUT2D eigenvalue weighted by atomic mass is 10.4. The highest BCUT2D eigenvalue weighted by Gasteiger charge is 2.15. The molecule has 4 nitrogen and oxygen atoms in total. The third kappa shape index (κ3) is 6.47. The molecule has 0 aliphatic carbocycles. The second-order valence-electron chi connectivity index (χ2n) is 2.54. The van der Waals surface area contributed by atoms with Crippen LogP contribution < -0.4 is 5.32 Å². The molecule has 1 atom stereocenters. The van der Waals surface area contributed by atoms with Crippen molar-refractivity contribution in [2.24, 2.45) is 0 Å². The summed E-state index contributed by atoms with van der Waals surface area (Å²) in [5.74, 6) is 0.469. The van der Waals surface area contributed by atoms with Crippen molar-refractivity contribution in [1.29, 1.82) is 0 Å². The van der Waals surface area contributed by atoms with Crippen LogP contribution in [0.1, 0.15) is 6.42 Å². The number of nitrogens with one attached hydrogen (secondary N) is 1. The number of amides is 1. The van der Waals surface area contributed by atoms with Gasteiger partial charge in [0.1, 0.15) is 3.92 Å². The predicted octanol–water partition coefficient (Wildman–Crippen LogP) is 0.832. The molecule has 1 N–H and O–H groups in total. The van der Waals surface area contributed by atoms with Gasteiger partial charge in [0, 0.05) is 18.7 Å². The van der Waals surface area contributed by atoms with Gasteiger partial charge in [0.2, 0.25) is 5.91 Å². The van der Waals surface area contributed by atoms with Gasteiger partial charge in [-0.05, 0) is 6.26 Å². The number of carbonyl (C=O) groups is 2. The molecule has 0 radical (unpaired) electrons. The van der Waals surface area contributed by atoms with Crippen LogP contribution in [0.3, 0.4) is 0 Å². The maximum Gasteiger partial charge on any atom is 0.320 e. The maximum absolute atomic E-state index is 11.1. The van der Waals surface area contributed by atoms with Gasteiger partial charge in [-0.3, -0.25) is 9.59 Å². The van der Waals surface area contributed by atoms with Gasteiger partial charge < -0.3 is 10.1 Å². The summed E-state index contributed by atoms with van der Waals surface area (Å²) in [6, 6.07) is 0. The van der Waals surface area contributed by atoms with Crippen molar-refractivity contribution in [1.82, 2.24) is 5.32 Å². The van der Waals surface area contributed by atoms with Crippen molar-refractivity contribution in [3.63, 3.8) is 0 Å². The van der Waals surface area contributed by atoms with Crippen LogP contribution in [0.15, 0.2) is 0 Å². The van der Waals surface area contributed by atoms with E-state index in [0.717, 1.165) is 5.75 Å². The minimum atomic E-state index is -0.309. The molecule has 0 bridgehead atoms. The molecule has 0 saturated carbocycles. The van der Waals surface area contributed by atoms with Crippen LogP contribution >= 0.6 is 34.4 Å². The Balaban J connectivity index is 3.60. The minimum absolute atomic E-state index is 0.0232. The number of thioether (sulfide) groups is 1. The van der Waals surface area contributed by atoms with Gasteiger partial charge in [-0.2, -0.15) is 11.8 Å². The minimum Gasteiger partial charge on any atom is -0.468 e. The summed E-state index contributed by atoms with van der Waals surface area (Å²) in [6.45, 7) is 0.334. The number of hydrogen-bond donors (Lipinski definition) is 1. The predicted molar refractivity (Wildman–Crippen MR) is 65.8 cm³/mol. The van der Waals surface area contributed by atoms with Crippen molar-refractivity contribution in [3.05, 3.63) is 0 Å². The SMILES string of the molecule is COC(=O)C(I)CNC(=O)CCSC. The number of methoxy groups -OCH3 is 1. The van der Waals surface area contributed by atoms with E-state index in [9.17, 15) is 9.59 Å². The lowest BCUT2D eigenvalue weighted by molar-refractivity contribution is -0.139. The second-order valence-corrected chi connectivity index (χ2v) is 5.03. The molecular formula is C8H14INO3S. The summed E-state index contributed by atoms with van der Waals surface area (Å²) < 4.78 is 4.21. The third-order valence-electron chi connectivity index (χ3n) is 1.47. The topological polar surface area (TPSA) is 55.4 Å². The first-order chi connectivity index (χ1) is 6.61. The van der Waals surface area contributed by atoms with E-state index in [0.29, 0.717) is 13.0 Å². The summed E-state index contributed by atoms with van der Waals surface area (Å²) in [5.41, 5.74) is 0. The quantitative estimate of drug-likeness (QED) is 0.445. The first kappa shape index (κ1) is 14.0. The first-order valence-electron chi connectivity index (χ1n) is 4.09. The molecule has 0 aliphatic heterocycles. The van der Waals surface area contributed by atoms with Gasteiger partial charge in [-0.1, -0.05) is 22.6 Å². The molecular weight excluding hydrogens is 317 g/mol. The Morgan fingerprint density at radius 1 is 1.57 bits per heavy atom. The fourth-order valence-corrected chi connectivity index (χ4v) is 1.56. The molecule has 0 rings (SSSR count). The Bertz CT molecular complexity index is 201. The number of carbonyl (C=O) groups excluding carboxylic acids is 2. The largest absolute Gasteiger partial charge is 0.468 e. The third-order valence-corrected chi connectivity index (χ3v) is 3.03. The monoisotopic (exact) mass is 331 g/mol. The fourth-order valence-electron chi connectivity index (χ4n) is 0.698. The highest BCUT2D eigenvalue weighted by Crippen LogP contribution is 2.01. The van der Waals surface area contributed by atoms with E-state index in [-0.39, 0.29) is 15.8 Å². The molecule has 0 aromatic carbocycles. The van der Waals surface area contributed by atoms with E-state index in [1.165, 1.54) is 7.11 Å². The molecule has 0 spiro atoms. The molecule has 82 valence electrons. The standard InChI is InChI=1S/C8H14INO3S/c1-13-8(12)6(9)5-10-7(11)3-4-14-2/h6H,3-5H2,1-2H3,(H,10,11). The maximum atomic E-state index is 11.1. The molecule has 0 aromatic rings. The van der Waals surface area contributed by atoms with Crippen molar-refractivity contribution in [3.8, 4) is 0 Å². The summed E-state index contributed by atoms with van der Waals surface area (Å²) in [5, 5.41) is 2.67. The number of ether oxygens (including phenoxy) is 1. The Morgan fingerprint density at radius 3 is 2.71 bits per heavy atom. The van der Waals surface area contributed by atoms with Crippen LogP contribution in [-0.4, -0.2) is 41.5 Å². The zero-order chi connectivity index (χ0) is 11.0. The summed E-state index contributed by atoms with van der Waals surface area (Å²) in [6.07, 6.45) is 2.44. The van der Waals surface area contributed by atoms with Crippen molar-refractivity contribution < 1.29 is 14.3 Å². The molecule has 0 aliphatic rings. The van der Waals surface area contributed by atoms with E-state index >= 15 is 0 Å². The molecule has 0 saturated heterocycles. The highest BCUT2D eigenvalue weighted by atomic mass is 127. The van der Waals surface area contributed by atoms with Gasteiger partial charge in [0.05, 0.1) is 7.11 Å². The fraction of sp³-hybridized carbons (Fsp3) is 0.750. The Labute approximate surface area is 102 Å². The second kappa shape index (κ2) is 8.34. The number of esters is 1. The number of hydrogen-bond acceptors (Lipinski definition) is 4. The van der Waals surface area contributed by atoms with E-state index in [1.807, 2.05) is 28.8 Å². The van der Waals surface area contributed by atoms with Gasteiger partial charge in [0.15, 0.2) is 0 Å². The van der Waals surface area contributed by atoms with Crippen LogP contribution in [0.25, 0.3) is 0 Å². The van der Waals surface area contributed by atoms with Crippen molar-refractivity contribution >= 4 is 46.2 Å². The highest BCUT2D eigenvalue weighted by molar-refractivity contribution is 14.1. The zero-order valence-corrected chi connectivity index (χ0v) is 11.2. The van der Waals surface area contributed by atoms with Crippen molar-refractivity contribution in [2.75, 3.05) is 25.7 Å². The lowest BCUT2D eigenvalue weighted by Gasteiger charge is -2.08. The normalized spacial score (nSPS) is 11.9. The van der Waals surface area contributed by atoms with E-state index < -0.39 is 0 Å². The molecule has 0 fully saturated rings. The Morgan fingerprint density at radius 2 is 2.21 bits per heavy atom. The van der Waals surface area contributed by atoms with Crippen LogP contribution in [0, 0.1) is 0 Å². The average molecular weight is 331 g/mol. The zero-order valence-electron chi connectivity index (χ0n) is 8.21. The summed E-state index contributed by atoms with van der Waals surface area (Å²) in [7, 11) is 1.34. The Hall–Kier alpha value is 0.0200. The van der Waals surface area contributed by atoms with E-state index in [2.05, 4.69) is 10.1 Å². The van der Waals surface area contributed by atoms with Gasteiger partial charge in [-0.25, -0.2) is 0 Å². The van der Waals surface area contributed by atoms with Gasteiger partial charge in [-0.15, -0.1) is 0 Å². The lowest BCUT2D eigenvalue weighted by Crippen LogP contribution is -2.33. The van der Waals surface area contributed by atoms with Crippen LogP contribution in [0.4, 0.5) is 0 Å². The molecule has 6 heteroatoms. The Kier molecular flexibility index (Phi) is 8.35. The number of rotatable bonds is 6. The number of alkyl halides is 1. The van der Waals surface area contributed by atoms with Crippen molar-refractivity contribution in [2.45, 2.75) is 10.3 Å². The summed E-state index contributed by atoms with van der Waals surface area (Å²) in [4.78, 5) is 22.1. The number of halogens is 1. The smallest absolute Gasteiger partial charge is 0.320 e. The first-order valence-corrected chi connectivity index (χ1v) is 6.73. The molecule has 14 heavy (non-hydrogen) atoms. The molecule has 0 heterocycles. The molecule has 1 unspecified atom stereocenters. The molecule has 0 aromatic heterocycles. The average Bonchev–Trinajstić information content (AvgIpc) is 2.21. The van der Waals surface area contributed by atoms with E-state index in [1.54, 1.807) is 11.8 Å². The van der Waals surface area contributed by atoms with E-state index in [4.69, 9.17) is 0 Å². The molecule has 1 amide bonds. The van der Waals surface area contributed by atoms with Crippen LogP contribution in [0.2, 0.25) is 0 Å². The van der Waals surface area contributed by atoms with Crippen LogP contribution in [0.5, 0.6) is 0 Å². The summed E-state index contributed by atoms with van der Waals surface area (Å²) >= 11 is 3.56. The van der Waals surface area contributed by atoms with Crippen LogP contribution in [-0.2, 0) is 14.3 Å². The van der Waals surface area contributed by atoms with Gasteiger partial charge >= 0.3 is 5.97 Å².